The number of ether oxygens (including phenoxy) is 3. The summed E-state index contributed by atoms with van der Waals surface area (Å²) in [7, 11) is -30.4. The highest BCUT2D eigenvalue weighted by atomic mass is 28.6. The highest BCUT2D eigenvalue weighted by molar-refractivity contribution is 7.03. The molecule has 19 nitrogen and oxygen atoms in total. The van der Waals surface area contributed by atoms with Crippen molar-refractivity contribution in [1.82, 2.24) is 0 Å². The quantitative estimate of drug-likeness (QED) is 0.0411. The van der Waals surface area contributed by atoms with Crippen LogP contribution in [0.15, 0.2) is 0 Å². The van der Waals surface area contributed by atoms with Gasteiger partial charge in [-0.15, -0.1) is 0 Å². The second kappa shape index (κ2) is 26.4. The van der Waals surface area contributed by atoms with Crippen molar-refractivity contribution in [2.45, 2.75) is 237 Å². The van der Waals surface area contributed by atoms with Crippen molar-refractivity contribution < 1.29 is 82.8 Å². The lowest BCUT2D eigenvalue weighted by atomic mass is 9.91. The Hall–Kier alpha value is -0.448. The van der Waals surface area contributed by atoms with Gasteiger partial charge in [-0.2, -0.15) is 0 Å². The fourth-order valence-electron chi connectivity index (χ4n) is 8.26. The molecule has 0 spiro atoms. The third-order valence-corrected chi connectivity index (χ3v) is 52.6. The Morgan fingerprint density at radius 3 is 1.05 bits per heavy atom. The van der Waals surface area contributed by atoms with Crippen LogP contribution in [0.5, 0.6) is 0 Å². The molecule has 7 heterocycles. The van der Waals surface area contributed by atoms with Gasteiger partial charge in [0.2, 0.25) is 0 Å². The van der Waals surface area contributed by atoms with Gasteiger partial charge in [0.05, 0.1) is 29.8 Å². The van der Waals surface area contributed by atoms with Crippen LogP contribution in [0, 0.1) is 29.1 Å². The van der Waals surface area contributed by atoms with E-state index in [0.717, 1.165) is 12.3 Å². The topological polar surface area (TPSA) is 207 Å². The Morgan fingerprint density at radius 1 is 0.541 bits per heavy atom. The third-order valence-electron chi connectivity index (χ3n) is 13.8. The summed E-state index contributed by atoms with van der Waals surface area (Å²) in [6.07, 6.45) is 3.27. The van der Waals surface area contributed by atoms with Crippen molar-refractivity contribution in [3.63, 3.8) is 0 Å². The van der Waals surface area contributed by atoms with E-state index in [0.29, 0.717) is 55.2 Å². The molecule has 4 unspecified atom stereocenters. The van der Waals surface area contributed by atoms with E-state index in [1.54, 1.807) is 13.8 Å². The first-order valence-electron chi connectivity index (χ1n) is 27.6. The molecule has 7 aliphatic rings. The second-order valence-corrected chi connectivity index (χ2v) is 54.8. The molecule has 0 aliphatic carbocycles. The number of cyclic esters (lactones) is 2. The van der Waals surface area contributed by atoms with E-state index in [2.05, 4.69) is 38.2 Å². The Morgan fingerprint density at radius 2 is 0.851 bits per heavy atom. The minimum Gasteiger partial charge on any atom is -0.465 e. The largest absolute Gasteiger partial charge is 0.479 e. The van der Waals surface area contributed by atoms with Gasteiger partial charge in [0.25, 0.3) is 0 Å². The monoisotopic (exact) mass is 1210 g/mol. The van der Waals surface area contributed by atoms with E-state index in [9.17, 15) is 19.2 Å². The minimum absolute atomic E-state index is 0.0224. The molecule has 7 aliphatic heterocycles. The van der Waals surface area contributed by atoms with Gasteiger partial charge in [-0.3, -0.25) is 19.2 Å². The van der Waals surface area contributed by atoms with Crippen LogP contribution < -0.4 is 0 Å². The molecular weight excluding hydrogens is 1110 g/mol. The van der Waals surface area contributed by atoms with Crippen molar-refractivity contribution in [3.05, 3.63) is 0 Å². The molecule has 0 amide bonds. The Bertz CT molecular complexity index is 1750. The Labute approximate surface area is 455 Å². The van der Waals surface area contributed by atoms with Crippen LogP contribution in [-0.2, 0) is 82.8 Å². The molecule has 7 saturated heterocycles. The molecule has 4 atom stereocenters. The van der Waals surface area contributed by atoms with Crippen LogP contribution in [0.2, 0.25) is 74.0 Å². The van der Waals surface area contributed by atoms with Gasteiger partial charge in [0.1, 0.15) is 5.60 Å². The standard InChI is InChI=1S/C23H52O14Si8.C9H18O2.C8H20Si.C6H8O3/c1-11-23(9,10)22(24)25-20-19-21-45-35-42(16-6)29-39(13-3)26-38(12-2)27-40(14-4,31-42)33-44(18-8,37-45)34-41(15-5,28-38)32-43(17-7,30-39)36-45;1-6-7(2)8(10)11-9(3,4)5;1-6-8(2)7-9(3,4)5;1-3-4(2)6(8)9-5(3)7/h11-21H2,1-10H3;7H,6H2,1-5H3;8H,6-7H2,1-5H3;3-4H,1-2H3. The van der Waals surface area contributed by atoms with Crippen LogP contribution in [0.4, 0.5) is 0 Å². The maximum Gasteiger partial charge on any atom is 0.479 e. The van der Waals surface area contributed by atoms with Crippen LogP contribution in [0.1, 0.15) is 157 Å². The molecule has 0 saturated carbocycles. The molecular formula is C46H98O19Si9. The normalized spacial score (nSPS) is 36.1. The van der Waals surface area contributed by atoms with E-state index in [4.69, 9.17) is 58.9 Å². The Kier molecular flexibility index (Phi) is 24.2. The number of esters is 4. The lowest BCUT2D eigenvalue weighted by molar-refractivity contribution is -0.159. The molecule has 8 bridgehead atoms. The van der Waals surface area contributed by atoms with E-state index in [-0.39, 0.29) is 47.9 Å². The van der Waals surface area contributed by atoms with Gasteiger partial charge >= 0.3 is 94.3 Å². The summed E-state index contributed by atoms with van der Waals surface area (Å²) in [5.41, 5.74) is -0.931. The summed E-state index contributed by atoms with van der Waals surface area (Å²) in [5.74, 6) is -0.670. The molecule has 7 fully saturated rings. The smallest absolute Gasteiger partial charge is 0.465 e. The van der Waals surface area contributed by atoms with Gasteiger partial charge in [-0.1, -0.05) is 129 Å². The van der Waals surface area contributed by atoms with Crippen LogP contribution >= 0.6 is 0 Å². The number of rotatable bonds is 18. The van der Waals surface area contributed by atoms with Crippen molar-refractivity contribution in [3.8, 4) is 0 Å². The van der Waals surface area contributed by atoms with E-state index in [1.807, 2.05) is 104 Å². The lowest BCUT2D eigenvalue weighted by Gasteiger charge is -2.63. The third kappa shape index (κ3) is 17.3. The number of carbonyl (C=O) groups is 4. The molecule has 0 N–H and O–H groups in total. The summed E-state index contributed by atoms with van der Waals surface area (Å²) < 4.78 is 101. The summed E-state index contributed by atoms with van der Waals surface area (Å²) in [4.78, 5) is 45.1. The number of hydrogen-bond acceptors (Lipinski definition) is 19. The molecule has 0 radical (unpaired) electrons. The van der Waals surface area contributed by atoms with E-state index >= 15 is 0 Å². The molecule has 432 valence electrons. The predicted molar refractivity (Wildman–Crippen MR) is 299 cm³/mol. The van der Waals surface area contributed by atoms with Gasteiger partial charge in [0.15, 0.2) is 0 Å². The van der Waals surface area contributed by atoms with Crippen LogP contribution in [-0.4, -0.2) is 115 Å². The van der Waals surface area contributed by atoms with Crippen molar-refractivity contribution in [2.75, 3.05) is 6.61 Å². The first-order valence-corrected chi connectivity index (χ1v) is 46.8. The fraction of sp³-hybridized carbons (Fsp3) is 0.913. The van der Waals surface area contributed by atoms with Crippen molar-refractivity contribution in [1.29, 1.82) is 0 Å². The highest BCUT2D eigenvalue weighted by Crippen LogP contribution is 2.53. The average molecular weight is 1210 g/mol. The fourth-order valence-corrected chi connectivity index (χ4v) is 60.3. The molecule has 28 heteroatoms. The molecule has 0 aromatic rings. The second-order valence-electron chi connectivity index (χ2n) is 23.1. The SMILES string of the molecule is CC1C(=O)OC(=O)C1C.CCC(C)(C)C(=O)OCCC[Si]12O[Si]3(CC)O[Si]4(CC)O[Si]5(CC)O[Si](CC)(O3)O[Si](CC)(O[Si](CC)(O5)O[Si](CC)(O4)O1)O2.CCC(C)C(=O)OC(C)(C)C.CCC(C)C[Si](C)(C)C. The molecule has 74 heavy (non-hydrogen) atoms. The lowest BCUT2D eigenvalue weighted by Crippen LogP contribution is -2.88. The molecule has 0 aromatic carbocycles. The predicted octanol–water partition coefficient (Wildman–Crippen LogP) is 11.4. The zero-order valence-corrected chi connectivity index (χ0v) is 58.5. The Balaban J connectivity index is 0.000000401. The van der Waals surface area contributed by atoms with Crippen LogP contribution in [0.3, 0.4) is 0 Å². The van der Waals surface area contributed by atoms with Gasteiger partial charge in [-0.25, -0.2) is 0 Å². The first-order chi connectivity index (χ1) is 34.0. The maximum absolute atomic E-state index is 12.8. The van der Waals surface area contributed by atoms with Crippen molar-refractivity contribution in [2.24, 2.45) is 29.1 Å². The number of hydrogen-bond donors (Lipinski definition) is 0. The average Bonchev–Trinajstić information content (AvgIpc) is 3.52. The maximum atomic E-state index is 12.8. The van der Waals surface area contributed by atoms with Crippen LogP contribution in [0.25, 0.3) is 0 Å². The summed E-state index contributed by atoms with van der Waals surface area (Å²) in [6, 6.07) is 4.58. The zero-order chi connectivity index (χ0) is 56.6. The van der Waals surface area contributed by atoms with Gasteiger partial charge in [0, 0.05) is 56.4 Å². The van der Waals surface area contributed by atoms with E-state index < -0.39 is 95.9 Å². The van der Waals surface area contributed by atoms with Gasteiger partial charge < -0.3 is 63.6 Å². The minimum atomic E-state index is -3.87. The highest BCUT2D eigenvalue weighted by Gasteiger charge is 2.82. The summed E-state index contributed by atoms with van der Waals surface area (Å²) >= 11 is 0. The number of carbonyl (C=O) groups excluding carboxylic acids is 4. The molecule has 7 rings (SSSR count). The van der Waals surface area contributed by atoms with Crippen molar-refractivity contribution >= 4 is 102 Å². The summed E-state index contributed by atoms with van der Waals surface area (Å²) in [6.45, 7) is 44.5. The van der Waals surface area contributed by atoms with E-state index in [1.165, 1.54) is 12.5 Å². The summed E-state index contributed by atoms with van der Waals surface area (Å²) in [5, 5.41) is 0. The molecule has 0 aromatic heterocycles. The first kappa shape index (κ1) is 67.8. The van der Waals surface area contributed by atoms with Gasteiger partial charge in [-0.05, 0) is 59.8 Å². The zero-order valence-electron chi connectivity index (χ0n) is 49.5.